The molecule has 0 spiro atoms. The first kappa shape index (κ1) is 14.2. The maximum atomic E-state index is 5.58. The molecule has 96 valence electrons. The minimum Gasteiger partial charge on any atom is -0.494 e. The molecule has 1 aromatic carbocycles. The quantitative estimate of drug-likeness (QED) is 0.808. The van der Waals surface area contributed by atoms with E-state index in [-0.39, 0.29) is 0 Å². The SMILES string of the molecule is COc1c(C)c(C)cc(C)c1N(C)CCCS. The Morgan fingerprint density at radius 1 is 1.24 bits per heavy atom. The van der Waals surface area contributed by atoms with Crippen molar-refractivity contribution in [1.82, 2.24) is 0 Å². The smallest absolute Gasteiger partial charge is 0.145 e. The van der Waals surface area contributed by atoms with Crippen molar-refractivity contribution in [3.63, 3.8) is 0 Å². The van der Waals surface area contributed by atoms with Crippen LogP contribution >= 0.6 is 12.6 Å². The minimum atomic E-state index is 0.913. The summed E-state index contributed by atoms with van der Waals surface area (Å²) in [5.41, 5.74) is 4.99. The van der Waals surface area contributed by atoms with Gasteiger partial charge in [0.15, 0.2) is 0 Å². The topological polar surface area (TPSA) is 12.5 Å². The average Bonchev–Trinajstić information content (AvgIpc) is 2.30. The lowest BCUT2D eigenvalue weighted by atomic mass is 10.0. The summed E-state index contributed by atoms with van der Waals surface area (Å²) in [6.45, 7) is 7.39. The molecule has 0 bridgehead atoms. The van der Waals surface area contributed by atoms with Gasteiger partial charge in [0, 0.05) is 13.6 Å². The molecule has 0 aliphatic carbocycles. The van der Waals surface area contributed by atoms with Gasteiger partial charge in [0.1, 0.15) is 5.75 Å². The van der Waals surface area contributed by atoms with Gasteiger partial charge in [-0.25, -0.2) is 0 Å². The summed E-state index contributed by atoms with van der Waals surface area (Å²) >= 11 is 4.26. The highest BCUT2D eigenvalue weighted by molar-refractivity contribution is 7.80. The van der Waals surface area contributed by atoms with Crippen LogP contribution in [0.1, 0.15) is 23.1 Å². The number of hydrogen-bond donors (Lipinski definition) is 1. The van der Waals surface area contributed by atoms with Crippen LogP contribution in [-0.2, 0) is 0 Å². The largest absolute Gasteiger partial charge is 0.494 e. The molecule has 0 fully saturated rings. The van der Waals surface area contributed by atoms with E-state index in [2.05, 4.69) is 51.4 Å². The van der Waals surface area contributed by atoms with Crippen LogP contribution in [-0.4, -0.2) is 26.5 Å². The number of aryl methyl sites for hydroxylation is 2. The summed E-state index contributed by atoms with van der Waals surface area (Å²) in [4.78, 5) is 2.26. The molecule has 0 saturated heterocycles. The lowest BCUT2D eigenvalue weighted by Crippen LogP contribution is -2.21. The van der Waals surface area contributed by atoms with Gasteiger partial charge >= 0.3 is 0 Å². The summed E-state index contributed by atoms with van der Waals surface area (Å²) in [6, 6.07) is 2.23. The van der Waals surface area contributed by atoms with Gasteiger partial charge in [-0.1, -0.05) is 6.07 Å². The number of nitrogens with zero attached hydrogens (tertiary/aromatic N) is 1. The first-order chi connectivity index (χ1) is 8.02. The van der Waals surface area contributed by atoms with Gasteiger partial charge in [-0.15, -0.1) is 0 Å². The highest BCUT2D eigenvalue weighted by atomic mass is 32.1. The predicted molar refractivity (Wildman–Crippen MR) is 78.9 cm³/mol. The molecular formula is C14H23NOS. The lowest BCUT2D eigenvalue weighted by molar-refractivity contribution is 0.411. The van der Waals surface area contributed by atoms with E-state index in [9.17, 15) is 0 Å². The van der Waals surface area contributed by atoms with Crippen LogP contribution in [0.15, 0.2) is 6.07 Å². The zero-order valence-electron chi connectivity index (χ0n) is 11.5. The van der Waals surface area contributed by atoms with E-state index < -0.39 is 0 Å². The van der Waals surface area contributed by atoms with Gasteiger partial charge in [0.05, 0.1) is 12.8 Å². The molecule has 0 aromatic heterocycles. The van der Waals surface area contributed by atoms with E-state index in [1.54, 1.807) is 7.11 Å². The van der Waals surface area contributed by atoms with Crippen LogP contribution in [0.4, 0.5) is 5.69 Å². The third-order valence-electron chi connectivity index (χ3n) is 3.19. The minimum absolute atomic E-state index is 0.913. The number of methoxy groups -OCH3 is 1. The predicted octanol–water partition coefficient (Wildman–Crippen LogP) is 3.38. The molecule has 1 aromatic rings. The summed E-state index contributed by atoms with van der Waals surface area (Å²) in [5.74, 6) is 1.92. The van der Waals surface area contributed by atoms with E-state index in [0.29, 0.717) is 0 Å². The summed E-state index contributed by atoms with van der Waals surface area (Å²) in [6.07, 6.45) is 1.08. The first-order valence-corrected chi connectivity index (χ1v) is 6.63. The molecule has 0 aliphatic heterocycles. The standard InChI is InChI=1S/C14H23NOS/c1-10-9-11(2)13(14(16-5)12(10)3)15(4)7-6-8-17/h9,17H,6-8H2,1-5H3. The van der Waals surface area contributed by atoms with E-state index in [4.69, 9.17) is 4.74 Å². The van der Waals surface area contributed by atoms with Crippen LogP contribution in [0.25, 0.3) is 0 Å². The van der Waals surface area contributed by atoms with Crippen molar-refractivity contribution in [3.8, 4) is 5.75 Å². The van der Waals surface area contributed by atoms with Crippen LogP contribution in [0.2, 0.25) is 0 Å². The molecule has 3 heteroatoms. The molecule has 0 heterocycles. The second kappa shape index (κ2) is 6.20. The molecule has 0 N–H and O–H groups in total. The summed E-state index contributed by atoms with van der Waals surface area (Å²) < 4.78 is 5.58. The third-order valence-corrected chi connectivity index (χ3v) is 3.51. The Morgan fingerprint density at radius 2 is 1.88 bits per heavy atom. The maximum absolute atomic E-state index is 5.58. The average molecular weight is 253 g/mol. The Morgan fingerprint density at radius 3 is 2.41 bits per heavy atom. The molecule has 0 atom stereocenters. The number of ether oxygens (including phenoxy) is 1. The van der Waals surface area contributed by atoms with Crippen LogP contribution < -0.4 is 9.64 Å². The van der Waals surface area contributed by atoms with Crippen molar-refractivity contribution >= 4 is 18.3 Å². The zero-order valence-corrected chi connectivity index (χ0v) is 12.4. The van der Waals surface area contributed by atoms with E-state index in [1.807, 2.05) is 0 Å². The fraction of sp³-hybridized carbons (Fsp3) is 0.571. The first-order valence-electron chi connectivity index (χ1n) is 5.99. The third kappa shape index (κ3) is 3.09. The number of rotatable bonds is 5. The van der Waals surface area contributed by atoms with Crippen LogP contribution in [0.5, 0.6) is 5.75 Å². The number of thiol groups is 1. The molecule has 0 radical (unpaired) electrons. The van der Waals surface area contributed by atoms with Gasteiger partial charge in [0.25, 0.3) is 0 Å². The van der Waals surface area contributed by atoms with Gasteiger partial charge in [-0.3, -0.25) is 0 Å². The molecule has 0 saturated carbocycles. The fourth-order valence-corrected chi connectivity index (χ4v) is 2.32. The van der Waals surface area contributed by atoms with Crippen molar-refractivity contribution in [2.24, 2.45) is 0 Å². The highest BCUT2D eigenvalue weighted by Crippen LogP contribution is 2.36. The molecule has 17 heavy (non-hydrogen) atoms. The Balaban J connectivity index is 3.17. The number of benzene rings is 1. The Hall–Kier alpha value is -0.830. The molecular weight excluding hydrogens is 230 g/mol. The van der Waals surface area contributed by atoms with Crippen LogP contribution in [0.3, 0.4) is 0 Å². The van der Waals surface area contributed by atoms with E-state index in [0.717, 1.165) is 24.5 Å². The summed E-state index contributed by atoms with van der Waals surface area (Å²) in [5, 5.41) is 0. The second-order valence-electron chi connectivity index (χ2n) is 4.52. The molecule has 0 unspecified atom stereocenters. The van der Waals surface area contributed by atoms with E-state index >= 15 is 0 Å². The molecule has 1 rings (SSSR count). The van der Waals surface area contributed by atoms with E-state index in [1.165, 1.54) is 22.4 Å². The van der Waals surface area contributed by atoms with Crippen molar-refractivity contribution in [3.05, 3.63) is 22.8 Å². The number of anilines is 1. The fourth-order valence-electron chi connectivity index (χ4n) is 2.18. The van der Waals surface area contributed by atoms with Gasteiger partial charge < -0.3 is 9.64 Å². The number of hydrogen-bond acceptors (Lipinski definition) is 3. The Bertz CT molecular complexity index is 390. The summed E-state index contributed by atoms with van der Waals surface area (Å²) in [7, 11) is 3.86. The molecule has 0 amide bonds. The Kier molecular flexibility index (Phi) is 5.19. The van der Waals surface area contributed by atoms with Gasteiger partial charge in [-0.2, -0.15) is 12.6 Å². The lowest BCUT2D eigenvalue weighted by Gasteiger charge is -2.25. The zero-order chi connectivity index (χ0) is 13.0. The second-order valence-corrected chi connectivity index (χ2v) is 4.96. The monoisotopic (exact) mass is 253 g/mol. The van der Waals surface area contributed by atoms with Gasteiger partial charge in [-0.05, 0) is 49.6 Å². The van der Waals surface area contributed by atoms with Gasteiger partial charge in [0.2, 0.25) is 0 Å². The van der Waals surface area contributed by atoms with Crippen LogP contribution in [0, 0.1) is 20.8 Å². The van der Waals surface area contributed by atoms with Crippen molar-refractivity contribution < 1.29 is 4.74 Å². The molecule has 0 aliphatic rings. The van der Waals surface area contributed by atoms with Crippen molar-refractivity contribution in [2.45, 2.75) is 27.2 Å². The maximum Gasteiger partial charge on any atom is 0.145 e. The Labute approximate surface area is 110 Å². The molecule has 2 nitrogen and oxygen atoms in total. The highest BCUT2D eigenvalue weighted by Gasteiger charge is 2.15. The van der Waals surface area contributed by atoms with Crippen molar-refractivity contribution in [2.75, 3.05) is 31.4 Å². The normalized spacial score (nSPS) is 10.5. The van der Waals surface area contributed by atoms with Crippen molar-refractivity contribution in [1.29, 1.82) is 0 Å².